The van der Waals surface area contributed by atoms with Gasteiger partial charge in [-0.2, -0.15) is 5.10 Å². The van der Waals surface area contributed by atoms with Crippen molar-refractivity contribution in [2.24, 2.45) is 0 Å². The third-order valence-electron chi connectivity index (χ3n) is 4.38. The SMILES string of the molecule is O=C1NC[C@@H](C(=O)N[C@H](c2ccc(Cl)cc2)c2ccc3cn[nH]c3c2)N1. The summed E-state index contributed by atoms with van der Waals surface area (Å²) in [7, 11) is 0. The van der Waals surface area contributed by atoms with E-state index in [1.807, 2.05) is 30.3 Å². The molecule has 2 atom stereocenters. The Bertz CT molecular complexity index is 969. The van der Waals surface area contributed by atoms with E-state index in [2.05, 4.69) is 26.1 Å². The zero-order valence-electron chi connectivity index (χ0n) is 13.6. The molecule has 1 aliphatic rings. The molecule has 0 aliphatic carbocycles. The number of hydrogen-bond acceptors (Lipinski definition) is 3. The number of aromatic nitrogens is 2. The monoisotopic (exact) mass is 369 g/mol. The van der Waals surface area contributed by atoms with Crippen molar-refractivity contribution in [3.05, 3.63) is 64.8 Å². The Morgan fingerprint density at radius 3 is 2.69 bits per heavy atom. The summed E-state index contributed by atoms with van der Waals surface area (Å²) in [6.45, 7) is 0.261. The number of urea groups is 1. The number of rotatable bonds is 4. The molecule has 1 fully saturated rings. The Labute approximate surface area is 154 Å². The first-order chi connectivity index (χ1) is 12.6. The van der Waals surface area contributed by atoms with Crippen LogP contribution in [0.2, 0.25) is 5.02 Å². The molecule has 8 heteroatoms. The number of H-pyrrole nitrogens is 1. The highest BCUT2D eigenvalue weighted by Gasteiger charge is 2.29. The fourth-order valence-electron chi connectivity index (χ4n) is 3.00. The number of nitrogens with one attached hydrogen (secondary N) is 4. The Hall–Kier alpha value is -3.06. The van der Waals surface area contributed by atoms with E-state index in [0.29, 0.717) is 5.02 Å². The molecule has 0 unspecified atom stereocenters. The number of amides is 3. The van der Waals surface area contributed by atoms with E-state index in [9.17, 15) is 9.59 Å². The molecule has 1 aliphatic heterocycles. The average molecular weight is 370 g/mol. The molecule has 26 heavy (non-hydrogen) atoms. The molecule has 3 amide bonds. The second kappa shape index (κ2) is 6.68. The first-order valence-electron chi connectivity index (χ1n) is 8.13. The number of fused-ring (bicyclic) bond motifs is 1. The molecule has 1 saturated heterocycles. The highest BCUT2D eigenvalue weighted by atomic mass is 35.5. The summed E-state index contributed by atoms with van der Waals surface area (Å²) in [6.07, 6.45) is 1.74. The van der Waals surface area contributed by atoms with Gasteiger partial charge in [0.2, 0.25) is 5.91 Å². The van der Waals surface area contributed by atoms with E-state index in [1.54, 1.807) is 18.3 Å². The minimum Gasteiger partial charge on any atom is -0.343 e. The molecule has 4 N–H and O–H groups in total. The lowest BCUT2D eigenvalue weighted by Crippen LogP contribution is -2.44. The van der Waals surface area contributed by atoms with Gasteiger partial charge >= 0.3 is 6.03 Å². The highest BCUT2D eigenvalue weighted by molar-refractivity contribution is 6.30. The van der Waals surface area contributed by atoms with Crippen molar-refractivity contribution in [3.63, 3.8) is 0 Å². The van der Waals surface area contributed by atoms with Crippen LogP contribution in [0, 0.1) is 0 Å². The van der Waals surface area contributed by atoms with E-state index in [0.717, 1.165) is 22.0 Å². The summed E-state index contributed by atoms with van der Waals surface area (Å²) >= 11 is 5.99. The largest absolute Gasteiger partial charge is 0.343 e. The maximum Gasteiger partial charge on any atom is 0.315 e. The molecule has 0 radical (unpaired) electrons. The maximum absolute atomic E-state index is 12.6. The summed E-state index contributed by atoms with van der Waals surface area (Å²) in [4.78, 5) is 23.9. The third kappa shape index (κ3) is 3.21. The highest BCUT2D eigenvalue weighted by Crippen LogP contribution is 2.26. The van der Waals surface area contributed by atoms with Crippen LogP contribution in [0.4, 0.5) is 4.79 Å². The molecule has 0 spiro atoms. The second-order valence-electron chi connectivity index (χ2n) is 6.12. The molecular formula is C18H16ClN5O2. The number of carbonyl (C=O) groups excluding carboxylic acids is 2. The quantitative estimate of drug-likeness (QED) is 0.566. The van der Waals surface area contributed by atoms with E-state index >= 15 is 0 Å². The van der Waals surface area contributed by atoms with E-state index in [-0.39, 0.29) is 24.5 Å². The molecule has 2 heterocycles. The summed E-state index contributed by atoms with van der Waals surface area (Å²) in [5.41, 5.74) is 2.67. The lowest BCUT2D eigenvalue weighted by atomic mass is 9.97. The molecule has 0 saturated carbocycles. The van der Waals surface area contributed by atoms with Crippen molar-refractivity contribution in [2.75, 3.05) is 6.54 Å². The number of halogens is 1. The van der Waals surface area contributed by atoms with E-state index in [1.165, 1.54) is 0 Å². The average Bonchev–Trinajstić information content (AvgIpc) is 3.28. The van der Waals surface area contributed by atoms with Gasteiger partial charge in [-0.25, -0.2) is 4.79 Å². The van der Waals surface area contributed by atoms with Gasteiger partial charge in [-0.3, -0.25) is 9.89 Å². The zero-order valence-corrected chi connectivity index (χ0v) is 14.4. The van der Waals surface area contributed by atoms with Gasteiger partial charge in [-0.1, -0.05) is 35.9 Å². The Morgan fingerprint density at radius 1 is 1.19 bits per heavy atom. The van der Waals surface area contributed by atoms with Gasteiger partial charge in [0, 0.05) is 17.0 Å². The van der Waals surface area contributed by atoms with E-state index < -0.39 is 6.04 Å². The minimum absolute atomic E-state index is 0.256. The third-order valence-corrected chi connectivity index (χ3v) is 4.63. The lowest BCUT2D eigenvalue weighted by Gasteiger charge is -2.22. The normalized spacial score (nSPS) is 17.6. The van der Waals surface area contributed by atoms with Gasteiger partial charge in [0.25, 0.3) is 0 Å². The minimum atomic E-state index is -0.604. The van der Waals surface area contributed by atoms with Crippen LogP contribution in [0.15, 0.2) is 48.7 Å². The Balaban J connectivity index is 1.67. The van der Waals surface area contributed by atoms with Crippen LogP contribution in [0.25, 0.3) is 10.9 Å². The molecule has 132 valence electrons. The zero-order chi connectivity index (χ0) is 18.1. The molecule has 7 nitrogen and oxygen atoms in total. The predicted molar refractivity (Wildman–Crippen MR) is 97.9 cm³/mol. The van der Waals surface area contributed by atoms with Crippen molar-refractivity contribution in [1.82, 2.24) is 26.1 Å². The number of carbonyl (C=O) groups is 2. The number of hydrogen-bond donors (Lipinski definition) is 4. The predicted octanol–water partition coefficient (Wildman–Crippen LogP) is 2.10. The van der Waals surface area contributed by atoms with Crippen LogP contribution in [0.3, 0.4) is 0 Å². The topological polar surface area (TPSA) is 98.9 Å². The van der Waals surface area contributed by atoms with Gasteiger partial charge in [0.1, 0.15) is 6.04 Å². The molecular weight excluding hydrogens is 354 g/mol. The molecule has 3 aromatic rings. The summed E-state index contributed by atoms with van der Waals surface area (Å²) in [5.74, 6) is -0.256. The van der Waals surface area contributed by atoms with Crippen LogP contribution >= 0.6 is 11.6 Å². The summed E-state index contributed by atoms with van der Waals surface area (Å²) < 4.78 is 0. The van der Waals surface area contributed by atoms with Crippen molar-refractivity contribution in [2.45, 2.75) is 12.1 Å². The van der Waals surface area contributed by atoms with Crippen LogP contribution in [-0.2, 0) is 4.79 Å². The first-order valence-corrected chi connectivity index (χ1v) is 8.51. The van der Waals surface area contributed by atoms with Crippen molar-refractivity contribution in [1.29, 1.82) is 0 Å². The molecule has 0 bridgehead atoms. The van der Waals surface area contributed by atoms with Crippen molar-refractivity contribution >= 4 is 34.4 Å². The van der Waals surface area contributed by atoms with E-state index in [4.69, 9.17) is 11.6 Å². The fraction of sp³-hybridized carbons (Fsp3) is 0.167. The molecule has 1 aromatic heterocycles. The van der Waals surface area contributed by atoms with Crippen molar-refractivity contribution < 1.29 is 9.59 Å². The Morgan fingerprint density at radius 2 is 1.96 bits per heavy atom. The number of nitrogens with zero attached hydrogens (tertiary/aromatic N) is 1. The van der Waals surface area contributed by atoms with Crippen LogP contribution in [0.5, 0.6) is 0 Å². The van der Waals surface area contributed by atoms with Crippen LogP contribution in [-0.4, -0.2) is 34.7 Å². The standard InChI is InChI=1S/C18H16ClN5O2/c19-13-5-3-10(4-6-13)16(23-17(25)15-9-20-18(26)22-15)11-1-2-12-8-21-24-14(12)7-11/h1-8,15-16H,9H2,(H,21,24)(H,23,25)(H2,20,22,26)/t15-,16+/m0/s1. The van der Waals surface area contributed by atoms with Crippen LogP contribution < -0.4 is 16.0 Å². The van der Waals surface area contributed by atoms with Crippen LogP contribution in [0.1, 0.15) is 17.2 Å². The molecule has 2 aromatic carbocycles. The Kier molecular flexibility index (Phi) is 4.22. The second-order valence-corrected chi connectivity index (χ2v) is 6.55. The van der Waals surface area contributed by atoms with Gasteiger partial charge in [0.05, 0.1) is 17.8 Å². The lowest BCUT2D eigenvalue weighted by molar-refractivity contribution is -0.122. The van der Waals surface area contributed by atoms with Gasteiger partial charge < -0.3 is 16.0 Å². The van der Waals surface area contributed by atoms with Gasteiger partial charge in [-0.15, -0.1) is 0 Å². The number of aromatic amines is 1. The first kappa shape index (κ1) is 16.4. The number of benzene rings is 2. The summed E-state index contributed by atoms with van der Waals surface area (Å²) in [6, 6.07) is 11.8. The maximum atomic E-state index is 12.6. The van der Waals surface area contributed by atoms with Gasteiger partial charge in [0.15, 0.2) is 0 Å². The van der Waals surface area contributed by atoms with Gasteiger partial charge in [-0.05, 0) is 29.3 Å². The smallest absolute Gasteiger partial charge is 0.315 e. The fourth-order valence-corrected chi connectivity index (χ4v) is 3.13. The summed E-state index contributed by atoms with van der Waals surface area (Å²) in [5, 5.41) is 16.8. The van der Waals surface area contributed by atoms with Crippen molar-refractivity contribution in [3.8, 4) is 0 Å². The molecule has 4 rings (SSSR count).